The van der Waals surface area contributed by atoms with E-state index in [4.69, 9.17) is 0 Å². The number of nitrogens with one attached hydrogen (secondary N) is 2. The van der Waals surface area contributed by atoms with Gasteiger partial charge < -0.3 is 15.6 Å². The van der Waals surface area contributed by atoms with Gasteiger partial charge in [0.15, 0.2) is 0 Å². The van der Waals surface area contributed by atoms with E-state index in [-0.39, 0.29) is 11.9 Å². The van der Waals surface area contributed by atoms with Gasteiger partial charge in [-0.2, -0.15) is 5.10 Å². The molecular weight excluding hydrogens is 362 g/mol. The monoisotopic (exact) mass is 389 g/mol. The van der Waals surface area contributed by atoms with Crippen LogP contribution >= 0.6 is 0 Å². The molecule has 0 radical (unpaired) electrons. The molecule has 1 unspecified atom stereocenters. The van der Waals surface area contributed by atoms with Crippen molar-refractivity contribution in [3.63, 3.8) is 0 Å². The molecule has 1 saturated carbocycles. The van der Waals surface area contributed by atoms with Crippen LogP contribution in [0.15, 0.2) is 47.8 Å². The summed E-state index contributed by atoms with van der Waals surface area (Å²) in [5, 5.41) is 7.78. The van der Waals surface area contributed by atoms with Gasteiger partial charge in [-0.05, 0) is 68.0 Å². The molecule has 1 aliphatic carbocycles. The fourth-order valence-electron chi connectivity index (χ4n) is 4.36. The first-order valence-corrected chi connectivity index (χ1v) is 10.6. The van der Waals surface area contributed by atoms with Crippen molar-refractivity contribution in [2.45, 2.75) is 38.3 Å². The Bertz CT molecular complexity index is 922. The molecule has 5 rings (SSSR count). The fourth-order valence-corrected chi connectivity index (χ4v) is 4.36. The van der Waals surface area contributed by atoms with Crippen molar-refractivity contribution in [1.82, 2.24) is 20.6 Å². The van der Waals surface area contributed by atoms with E-state index >= 15 is 0 Å². The number of nitrogens with zero attached hydrogens (tertiary/aromatic N) is 3. The molecule has 0 spiro atoms. The minimum atomic E-state index is 0.0127. The highest BCUT2D eigenvalue weighted by Gasteiger charge is 2.28. The Labute approximate surface area is 171 Å². The number of hydrogen-bond acceptors (Lipinski definition) is 5. The fraction of sp³-hybridized carbons (Fsp3) is 0.435. The zero-order valence-electron chi connectivity index (χ0n) is 16.6. The molecule has 6 heteroatoms. The third kappa shape index (κ3) is 4.17. The number of aromatic nitrogens is 1. The van der Waals surface area contributed by atoms with E-state index in [0.717, 1.165) is 47.7 Å². The summed E-state index contributed by atoms with van der Waals surface area (Å²) in [6, 6.07) is 10.1. The van der Waals surface area contributed by atoms with Crippen LogP contribution in [0.2, 0.25) is 0 Å². The summed E-state index contributed by atoms with van der Waals surface area (Å²) >= 11 is 0. The standard InChI is InChI=1S/C23H27N5O/c29-23(26-20-2-1-11-28(15-20)14-16-3-4-16)18-5-6-19-13-25-27-22(21(19)12-18)17-7-9-24-10-8-17/h5-10,12,16,20,25H,1-4,11,13-15H2,(H,26,29). The molecular formula is C23H27N5O. The van der Waals surface area contributed by atoms with Crippen molar-refractivity contribution in [2.24, 2.45) is 11.0 Å². The third-order valence-electron chi connectivity index (χ3n) is 6.10. The third-order valence-corrected chi connectivity index (χ3v) is 6.10. The Morgan fingerprint density at radius 3 is 2.86 bits per heavy atom. The van der Waals surface area contributed by atoms with Gasteiger partial charge in [0, 0.05) is 48.2 Å². The highest BCUT2D eigenvalue weighted by molar-refractivity contribution is 6.14. The Hall–Kier alpha value is -2.73. The lowest BCUT2D eigenvalue weighted by Gasteiger charge is -2.33. The lowest BCUT2D eigenvalue weighted by molar-refractivity contribution is 0.0902. The van der Waals surface area contributed by atoms with Crippen molar-refractivity contribution >= 4 is 11.6 Å². The first kappa shape index (κ1) is 18.3. The van der Waals surface area contributed by atoms with Crippen LogP contribution in [0.4, 0.5) is 0 Å². The second-order valence-corrected chi connectivity index (χ2v) is 8.42. The van der Waals surface area contributed by atoms with Crippen LogP contribution in [0, 0.1) is 5.92 Å². The van der Waals surface area contributed by atoms with Crippen LogP contribution < -0.4 is 10.7 Å². The van der Waals surface area contributed by atoms with Crippen LogP contribution in [0.1, 0.15) is 52.7 Å². The van der Waals surface area contributed by atoms with E-state index in [1.165, 1.54) is 25.9 Å². The van der Waals surface area contributed by atoms with Crippen molar-refractivity contribution in [3.05, 3.63) is 65.0 Å². The minimum Gasteiger partial charge on any atom is -0.348 e. The number of hydrogen-bond donors (Lipinski definition) is 2. The molecule has 1 atom stereocenters. The zero-order valence-corrected chi connectivity index (χ0v) is 16.6. The summed E-state index contributed by atoms with van der Waals surface area (Å²) in [6.45, 7) is 4.01. The number of carbonyl (C=O) groups excluding carboxylic acids is 1. The van der Waals surface area contributed by atoms with Crippen LogP contribution in [-0.4, -0.2) is 47.2 Å². The van der Waals surface area contributed by atoms with E-state index in [2.05, 4.69) is 25.7 Å². The summed E-state index contributed by atoms with van der Waals surface area (Å²) < 4.78 is 0. The molecule has 2 N–H and O–H groups in total. The van der Waals surface area contributed by atoms with Crippen molar-refractivity contribution in [2.75, 3.05) is 19.6 Å². The molecule has 0 bridgehead atoms. The number of fused-ring (bicyclic) bond motifs is 1. The second kappa shape index (κ2) is 7.95. The van der Waals surface area contributed by atoms with Gasteiger partial charge >= 0.3 is 0 Å². The summed E-state index contributed by atoms with van der Waals surface area (Å²) in [5.41, 5.74) is 7.81. The lowest BCUT2D eigenvalue weighted by atomic mass is 9.94. The molecule has 1 amide bonds. The van der Waals surface area contributed by atoms with Crippen molar-refractivity contribution in [1.29, 1.82) is 0 Å². The van der Waals surface area contributed by atoms with Crippen molar-refractivity contribution in [3.8, 4) is 0 Å². The number of amides is 1. The van der Waals surface area contributed by atoms with Crippen LogP contribution in [0.3, 0.4) is 0 Å². The van der Waals surface area contributed by atoms with Gasteiger partial charge in [-0.1, -0.05) is 6.07 Å². The molecule has 2 aliphatic heterocycles. The van der Waals surface area contributed by atoms with E-state index in [1.54, 1.807) is 12.4 Å². The quantitative estimate of drug-likeness (QED) is 0.825. The zero-order chi connectivity index (χ0) is 19.6. The minimum absolute atomic E-state index is 0.0127. The molecule has 3 heterocycles. The Balaban J connectivity index is 1.31. The predicted molar refractivity (Wildman–Crippen MR) is 113 cm³/mol. The van der Waals surface area contributed by atoms with Gasteiger partial charge in [0.2, 0.25) is 0 Å². The first-order chi connectivity index (χ1) is 14.3. The summed E-state index contributed by atoms with van der Waals surface area (Å²) in [6.07, 6.45) is 8.49. The average molecular weight is 390 g/mol. The summed E-state index contributed by atoms with van der Waals surface area (Å²) in [7, 11) is 0. The maximum Gasteiger partial charge on any atom is 0.251 e. The number of carbonyl (C=O) groups is 1. The Morgan fingerprint density at radius 2 is 2.03 bits per heavy atom. The van der Waals surface area contributed by atoms with Crippen LogP contribution in [0.25, 0.3) is 0 Å². The highest BCUT2D eigenvalue weighted by atomic mass is 16.1. The number of likely N-dealkylation sites (tertiary alicyclic amines) is 1. The molecule has 150 valence electrons. The molecule has 1 saturated heterocycles. The van der Waals surface area contributed by atoms with Gasteiger partial charge in [0.1, 0.15) is 0 Å². The van der Waals surface area contributed by atoms with Crippen LogP contribution in [0.5, 0.6) is 0 Å². The molecule has 1 aromatic carbocycles. The van der Waals surface area contributed by atoms with Gasteiger partial charge in [0.05, 0.1) is 12.3 Å². The topological polar surface area (TPSA) is 69.6 Å². The SMILES string of the molecule is O=C(NC1CCCN(CC2CC2)C1)c1ccc2c(c1)C(c1ccncc1)=NNC2. The average Bonchev–Trinajstić information content (AvgIpc) is 3.58. The number of benzene rings is 1. The maximum atomic E-state index is 13.0. The molecule has 3 aliphatic rings. The van der Waals surface area contributed by atoms with Gasteiger partial charge in [-0.25, -0.2) is 0 Å². The predicted octanol–water partition coefficient (Wildman–Crippen LogP) is 2.54. The maximum absolute atomic E-state index is 13.0. The van der Waals surface area contributed by atoms with E-state index in [1.807, 2.05) is 30.3 Å². The molecule has 2 aromatic rings. The number of hydrazone groups is 1. The Kier molecular flexibility index (Phi) is 5.02. The van der Waals surface area contributed by atoms with Gasteiger partial charge in [-0.3, -0.25) is 9.78 Å². The van der Waals surface area contributed by atoms with Gasteiger partial charge in [-0.15, -0.1) is 0 Å². The Morgan fingerprint density at radius 1 is 1.17 bits per heavy atom. The number of pyridine rings is 1. The highest BCUT2D eigenvalue weighted by Crippen LogP contribution is 2.30. The molecule has 1 aromatic heterocycles. The summed E-state index contributed by atoms with van der Waals surface area (Å²) in [4.78, 5) is 19.6. The lowest BCUT2D eigenvalue weighted by Crippen LogP contribution is -2.48. The van der Waals surface area contributed by atoms with E-state index in [0.29, 0.717) is 12.1 Å². The van der Waals surface area contributed by atoms with E-state index < -0.39 is 0 Å². The smallest absolute Gasteiger partial charge is 0.251 e. The van der Waals surface area contributed by atoms with Gasteiger partial charge in [0.25, 0.3) is 5.91 Å². The second-order valence-electron chi connectivity index (χ2n) is 8.42. The number of piperidine rings is 1. The summed E-state index contributed by atoms with van der Waals surface area (Å²) in [5.74, 6) is 0.906. The molecule has 2 fully saturated rings. The number of rotatable bonds is 5. The largest absolute Gasteiger partial charge is 0.348 e. The molecule has 6 nitrogen and oxygen atoms in total. The molecule has 29 heavy (non-hydrogen) atoms. The normalized spacial score (nSPS) is 21.7. The van der Waals surface area contributed by atoms with Crippen molar-refractivity contribution < 1.29 is 4.79 Å². The van der Waals surface area contributed by atoms with Crippen LogP contribution in [-0.2, 0) is 6.54 Å². The van der Waals surface area contributed by atoms with E-state index in [9.17, 15) is 4.79 Å². The first-order valence-electron chi connectivity index (χ1n) is 10.6.